The number of benzene rings is 2. The molecule has 2 aromatic carbocycles. The van der Waals surface area contributed by atoms with Crippen LogP contribution < -0.4 is 28.8 Å². The molecule has 0 saturated carbocycles. The van der Waals surface area contributed by atoms with Crippen molar-refractivity contribution in [3.05, 3.63) is 47.5 Å². The first kappa shape index (κ1) is 31.3. The van der Waals surface area contributed by atoms with Crippen LogP contribution in [-0.4, -0.2) is 86.5 Å². The molecule has 0 saturated heterocycles. The number of carbonyl (C=O) groups is 3. The van der Waals surface area contributed by atoms with E-state index in [1.54, 1.807) is 0 Å². The van der Waals surface area contributed by atoms with E-state index >= 15 is 0 Å². The average Bonchev–Trinajstić information content (AvgIpc) is 2.85. The fourth-order valence-electron chi connectivity index (χ4n) is 3.34. The first-order chi connectivity index (χ1) is 17.0. The highest BCUT2D eigenvalue weighted by Crippen LogP contribution is 2.28. The Morgan fingerprint density at radius 2 is 1.24 bits per heavy atom. The van der Waals surface area contributed by atoms with E-state index in [1.165, 1.54) is 48.2 Å². The van der Waals surface area contributed by atoms with Crippen molar-refractivity contribution in [3.63, 3.8) is 0 Å². The van der Waals surface area contributed by atoms with Crippen LogP contribution in [0.15, 0.2) is 36.4 Å². The smallest absolute Gasteiger partial charge is 0.283 e. The number of rotatable bonds is 12. The molecular formula is C24H33ClN4O8. The van der Waals surface area contributed by atoms with Crippen molar-refractivity contribution in [1.82, 2.24) is 15.5 Å². The van der Waals surface area contributed by atoms with Gasteiger partial charge in [-0.15, -0.1) is 0 Å². The summed E-state index contributed by atoms with van der Waals surface area (Å²) >= 11 is 0. The number of aromatic hydroxyl groups is 4. The second-order valence-corrected chi connectivity index (χ2v) is 8.24. The fourth-order valence-corrected chi connectivity index (χ4v) is 3.34. The van der Waals surface area contributed by atoms with E-state index in [4.69, 9.17) is 0 Å². The maximum atomic E-state index is 12.8. The van der Waals surface area contributed by atoms with E-state index in [0.717, 1.165) is 0 Å². The molecule has 2 aromatic rings. The van der Waals surface area contributed by atoms with Gasteiger partial charge >= 0.3 is 0 Å². The Hall–Kier alpha value is -3.74. The van der Waals surface area contributed by atoms with E-state index in [0.29, 0.717) is 12.8 Å². The number of carbonyl (C=O) groups excluding carboxylic acids is 3. The van der Waals surface area contributed by atoms with Crippen LogP contribution in [0.5, 0.6) is 23.0 Å². The molecule has 0 spiro atoms. The summed E-state index contributed by atoms with van der Waals surface area (Å²) in [6.07, 6.45) is -0.262. The van der Waals surface area contributed by atoms with Crippen molar-refractivity contribution in [2.75, 3.05) is 26.2 Å². The number of quaternary nitrogens is 1. The van der Waals surface area contributed by atoms with Crippen LogP contribution in [0, 0.1) is 0 Å². The maximum absolute atomic E-state index is 12.8. The predicted octanol–water partition coefficient (Wildman–Crippen LogP) is -3.73. The van der Waals surface area contributed by atoms with Crippen molar-refractivity contribution in [2.24, 2.45) is 0 Å². The van der Waals surface area contributed by atoms with Crippen LogP contribution >= 0.6 is 0 Å². The van der Waals surface area contributed by atoms with E-state index in [-0.39, 0.29) is 55.6 Å². The van der Waals surface area contributed by atoms with Gasteiger partial charge in [-0.1, -0.05) is 12.1 Å². The zero-order valence-corrected chi connectivity index (χ0v) is 21.1. The summed E-state index contributed by atoms with van der Waals surface area (Å²) in [6, 6.07) is 7.18. The Kier molecular flexibility index (Phi) is 12.5. The van der Waals surface area contributed by atoms with Crippen LogP contribution in [0.3, 0.4) is 0 Å². The average molecular weight is 541 g/mol. The molecule has 2 atom stereocenters. The molecule has 0 radical (unpaired) electrons. The summed E-state index contributed by atoms with van der Waals surface area (Å²) in [6.45, 7) is 2.25. The third-order valence-corrected chi connectivity index (χ3v) is 5.51. The topological polar surface area (TPSA) is 207 Å². The molecule has 0 unspecified atom stereocenters. The zero-order valence-electron chi connectivity index (χ0n) is 20.4. The molecule has 12 nitrogen and oxygen atoms in total. The molecule has 204 valence electrons. The summed E-state index contributed by atoms with van der Waals surface area (Å²) in [7, 11) is 0. The Morgan fingerprint density at radius 3 is 1.62 bits per heavy atom. The molecule has 37 heavy (non-hydrogen) atoms. The minimum Gasteiger partial charge on any atom is -1.00 e. The molecule has 10 N–H and O–H groups in total. The van der Waals surface area contributed by atoms with Gasteiger partial charge in [0.15, 0.2) is 29.0 Å². The minimum atomic E-state index is -0.970. The first-order valence-corrected chi connectivity index (χ1v) is 11.4. The summed E-state index contributed by atoms with van der Waals surface area (Å²) < 4.78 is 0. The molecule has 0 aliphatic rings. The number of aliphatic hydroxyl groups excluding tert-OH is 1. The Morgan fingerprint density at radius 1 is 0.838 bits per heavy atom. The summed E-state index contributed by atoms with van der Waals surface area (Å²) in [5, 5.41) is 53.7. The van der Waals surface area contributed by atoms with Crippen molar-refractivity contribution in [1.29, 1.82) is 0 Å². The highest BCUT2D eigenvalue weighted by Gasteiger charge is 2.27. The molecule has 0 fully saturated rings. The Balaban J connectivity index is 0.00000684. The van der Waals surface area contributed by atoms with E-state index < -0.39 is 47.0 Å². The number of aliphatic hydroxyl groups is 1. The number of phenolic OH excluding ortho intramolecular Hbond substituents is 4. The van der Waals surface area contributed by atoms with Crippen molar-refractivity contribution >= 4 is 17.7 Å². The van der Waals surface area contributed by atoms with Crippen LogP contribution in [0.2, 0.25) is 0 Å². The third kappa shape index (κ3) is 8.70. The molecule has 0 aliphatic carbocycles. The maximum Gasteiger partial charge on any atom is 0.283 e. The van der Waals surface area contributed by atoms with Gasteiger partial charge in [-0.3, -0.25) is 14.4 Å². The Labute approximate surface area is 220 Å². The number of nitrogens with zero attached hydrogens (tertiary/aromatic N) is 1. The van der Waals surface area contributed by atoms with Crippen molar-refractivity contribution in [3.8, 4) is 23.0 Å². The van der Waals surface area contributed by atoms with Crippen LogP contribution in [0.25, 0.3) is 0 Å². The number of amides is 3. The number of para-hydroxylation sites is 2. The van der Waals surface area contributed by atoms with E-state index in [2.05, 4.69) is 16.4 Å². The summed E-state index contributed by atoms with van der Waals surface area (Å²) in [5.41, 5.74) is 3.54. The van der Waals surface area contributed by atoms with Gasteiger partial charge in [0.05, 0.1) is 11.1 Å². The number of phenols is 4. The van der Waals surface area contributed by atoms with E-state index in [1.807, 2.05) is 0 Å². The molecule has 13 heteroatoms. The van der Waals surface area contributed by atoms with Crippen molar-refractivity contribution in [2.45, 2.75) is 31.9 Å². The van der Waals surface area contributed by atoms with Gasteiger partial charge < -0.3 is 59.2 Å². The lowest BCUT2D eigenvalue weighted by Crippen LogP contribution is -3.00. The second-order valence-electron chi connectivity index (χ2n) is 8.24. The van der Waals surface area contributed by atoms with Gasteiger partial charge in [-0.2, -0.15) is 0 Å². The van der Waals surface area contributed by atoms with Crippen LogP contribution in [0.1, 0.15) is 40.5 Å². The highest BCUT2D eigenvalue weighted by molar-refractivity contribution is 5.98. The van der Waals surface area contributed by atoms with E-state index in [9.17, 15) is 39.9 Å². The summed E-state index contributed by atoms with van der Waals surface area (Å²) in [5.74, 6) is -3.43. The number of nitrogens with one attached hydrogen (secondary N) is 2. The second kappa shape index (κ2) is 14.7. The number of halogens is 1. The fraction of sp³-hybridized carbons (Fsp3) is 0.375. The molecule has 0 aliphatic heterocycles. The third-order valence-electron chi connectivity index (χ3n) is 5.51. The SMILES string of the molecule is C[C@H](O)[C@@H]([NH3+])C(=O)N(CCCNC(=O)c1cccc(O)c1O)CCCNC(=O)c1cccc(O)c1O.[Cl-]. The lowest BCUT2D eigenvalue weighted by atomic mass is 10.1. The minimum absolute atomic E-state index is 0. The van der Waals surface area contributed by atoms with Gasteiger partial charge in [-0.25, -0.2) is 0 Å². The quantitative estimate of drug-likeness (QED) is 0.0989. The molecule has 0 aromatic heterocycles. The Bertz CT molecular complexity index is 1010. The zero-order chi connectivity index (χ0) is 26.8. The monoisotopic (exact) mass is 540 g/mol. The van der Waals surface area contributed by atoms with Gasteiger partial charge in [0.25, 0.3) is 17.7 Å². The molecular weight excluding hydrogens is 508 g/mol. The van der Waals surface area contributed by atoms with Crippen LogP contribution in [0.4, 0.5) is 0 Å². The lowest BCUT2D eigenvalue weighted by molar-refractivity contribution is -0.421. The molecule has 3 amide bonds. The summed E-state index contributed by atoms with van der Waals surface area (Å²) in [4.78, 5) is 38.7. The molecule has 0 heterocycles. The van der Waals surface area contributed by atoms with Crippen LogP contribution in [-0.2, 0) is 4.79 Å². The standard InChI is InChI=1S/C24H32N4O8.ClH/c1-14(29)19(25)24(36)28(12-4-10-26-22(34)15-6-2-8-17(30)20(15)32)13-5-11-27-23(35)16-7-3-9-18(31)21(16)33;/h2-3,6-9,14,19,29-33H,4-5,10-13,25H2,1H3,(H,26,34)(H,27,35);1H/t14-,19+;/m0./s1. The largest absolute Gasteiger partial charge is 1.00 e. The molecule has 0 bridgehead atoms. The first-order valence-electron chi connectivity index (χ1n) is 11.4. The van der Waals surface area contributed by atoms with Crippen molar-refractivity contribution < 1.29 is 58.1 Å². The number of hydrogen-bond donors (Lipinski definition) is 8. The predicted molar refractivity (Wildman–Crippen MR) is 128 cm³/mol. The highest BCUT2D eigenvalue weighted by atomic mass is 35.5. The molecule has 2 rings (SSSR count). The van der Waals surface area contributed by atoms with Gasteiger partial charge in [0.2, 0.25) is 0 Å². The lowest BCUT2D eigenvalue weighted by Gasteiger charge is -2.25. The van der Waals surface area contributed by atoms with Gasteiger partial charge in [-0.05, 0) is 44.0 Å². The van der Waals surface area contributed by atoms with Gasteiger partial charge in [0.1, 0.15) is 6.10 Å². The normalized spacial score (nSPS) is 12.1. The van der Waals surface area contributed by atoms with Gasteiger partial charge in [0, 0.05) is 26.2 Å². The number of hydrogen-bond acceptors (Lipinski definition) is 8.